The van der Waals surface area contributed by atoms with E-state index in [0.29, 0.717) is 5.06 Å². The Labute approximate surface area is 159 Å². The van der Waals surface area contributed by atoms with Crippen LogP contribution >= 0.6 is 11.3 Å². The maximum Gasteiger partial charge on any atom is 0.363 e. The molecule has 14 nitrogen and oxygen atoms in total. The number of hydrogen-bond donors (Lipinski definition) is 4. The third-order valence-corrected chi connectivity index (χ3v) is 4.41. The van der Waals surface area contributed by atoms with E-state index in [4.69, 9.17) is 25.5 Å². The largest absolute Gasteiger partial charge is 0.479 e. The Morgan fingerprint density at radius 1 is 1.50 bits per heavy atom. The molecule has 150 valence electrons. The summed E-state index contributed by atoms with van der Waals surface area (Å²) < 4.78 is 5.18. The summed E-state index contributed by atoms with van der Waals surface area (Å²) >= 11 is 0.996. The maximum atomic E-state index is 12.6. The summed E-state index contributed by atoms with van der Waals surface area (Å²) in [7, 11) is 0. The van der Waals surface area contributed by atoms with Crippen LogP contribution in [-0.4, -0.2) is 74.4 Å². The third-order valence-electron chi connectivity index (χ3n) is 3.73. The molecule has 0 aromatic carbocycles. The molecule has 2 fully saturated rings. The predicted molar refractivity (Wildman–Crippen MR) is 87.4 cm³/mol. The van der Waals surface area contributed by atoms with Crippen LogP contribution in [0.25, 0.3) is 0 Å². The summed E-state index contributed by atoms with van der Waals surface area (Å²) in [6, 6.07) is -1.29. The summed E-state index contributed by atoms with van der Waals surface area (Å²) in [6.07, 6.45) is -1.71. The highest BCUT2D eigenvalue weighted by molar-refractivity contribution is 7.13. The zero-order valence-corrected chi connectivity index (χ0v) is 14.8. The van der Waals surface area contributed by atoms with Gasteiger partial charge in [-0.25, -0.2) is 19.4 Å². The Kier molecular flexibility index (Phi) is 4.88. The van der Waals surface area contributed by atoms with Crippen molar-refractivity contribution in [1.82, 2.24) is 15.4 Å². The quantitative estimate of drug-likeness (QED) is 0.217. The lowest BCUT2D eigenvalue weighted by atomic mass is 9.94. The van der Waals surface area contributed by atoms with E-state index in [1.807, 2.05) is 0 Å². The molecule has 2 aliphatic heterocycles. The van der Waals surface area contributed by atoms with Crippen LogP contribution < -0.4 is 11.1 Å². The molecule has 2 aliphatic rings. The average molecular weight is 415 g/mol. The lowest BCUT2D eigenvalue weighted by molar-refractivity contribution is -0.241. The van der Waals surface area contributed by atoms with Crippen molar-refractivity contribution in [3.63, 3.8) is 0 Å². The number of nitrogens with two attached hydrogens (primary N) is 1. The number of carbonyl (C=O) groups excluding carboxylic acids is 2. The Balaban J connectivity index is 1.78. The number of anilines is 1. The fourth-order valence-electron chi connectivity index (χ4n) is 2.47. The number of β-lactam (4-membered cyclic amide) rings is 1. The number of thiazole rings is 1. The number of amides is 2. The zero-order chi connectivity index (χ0) is 20.6. The number of carboxylic acids is 2. The van der Waals surface area contributed by atoms with Gasteiger partial charge < -0.3 is 30.8 Å². The SMILES string of the molecule is CC12OC(C(=O)O)ON1C(=O)C2NC(=O)C(=NOCC(=O)O)c1csc(N)n1. The van der Waals surface area contributed by atoms with E-state index in [9.17, 15) is 19.2 Å². The van der Waals surface area contributed by atoms with Crippen molar-refractivity contribution in [2.45, 2.75) is 25.0 Å². The molecule has 5 N–H and O–H groups in total. The van der Waals surface area contributed by atoms with Gasteiger partial charge in [-0.2, -0.15) is 5.06 Å². The molecule has 2 amide bonds. The summed E-state index contributed by atoms with van der Waals surface area (Å²) in [4.78, 5) is 59.6. The van der Waals surface area contributed by atoms with Crippen molar-refractivity contribution < 1.29 is 43.8 Å². The van der Waals surface area contributed by atoms with Crippen LogP contribution in [0, 0.1) is 0 Å². The molecule has 3 unspecified atom stereocenters. The molecule has 3 heterocycles. The van der Waals surface area contributed by atoms with E-state index in [-0.39, 0.29) is 10.8 Å². The smallest absolute Gasteiger partial charge is 0.363 e. The Hall–Kier alpha value is -3.30. The van der Waals surface area contributed by atoms with Crippen LogP contribution in [0.15, 0.2) is 10.5 Å². The number of nitrogen functional groups attached to an aromatic ring is 1. The van der Waals surface area contributed by atoms with Gasteiger partial charge in [0.25, 0.3) is 18.1 Å². The highest BCUT2D eigenvalue weighted by atomic mass is 32.1. The van der Waals surface area contributed by atoms with E-state index in [1.165, 1.54) is 12.3 Å². The van der Waals surface area contributed by atoms with Crippen molar-refractivity contribution in [2.24, 2.45) is 5.16 Å². The number of nitrogens with one attached hydrogen (secondary N) is 1. The number of aromatic nitrogens is 1. The van der Waals surface area contributed by atoms with Crippen LogP contribution in [0.5, 0.6) is 0 Å². The van der Waals surface area contributed by atoms with Gasteiger partial charge >= 0.3 is 11.9 Å². The van der Waals surface area contributed by atoms with Gasteiger partial charge in [0, 0.05) is 5.38 Å². The first kappa shape index (κ1) is 19.5. The van der Waals surface area contributed by atoms with Gasteiger partial charge in [0.15, 0.2) is 22.6 Å². The highest BCUT2D eigenvalue weighted by Gasteiger charge is 2.67. The molecule has 28 heavy (non-hydrogen) atoms. The zero-order valence-electron chi connectivity index (χ0n) is 14.0. The molecule has 0 spiro atoms. The maximum absolute atomic E-state index is 12.6. The lowest BCUT2D eigenvalue weighted by Gasteiger charge is -2.46. The number of fused-ring (bicyclic) bond motifs is 1. The van der Waals surface area contributed by atoms with Crippen molar-refractivity contribution in [3.05, 3.63) is 11.1 Å². The molecule has 0 bridgehead atoms. The van der Waals surface area contributed by atoms with Crippen LogP contribution in [-0.2, 0) is 33.6 Å². The standard InChI is InChI=1S/C13H13N5O9S/c1-13-7(9(22)18(13)27-11(26-13)10(23)24)16-8(21)6(17-25-2-5(19)20)4-3-28-12(14)15-4/h3,7,11H,2H2,1H3,(H2,14,15)(H,16,21)(H,19,20)(H,23,24). The van der Waals surface area contributed by atoms with E-state index in [2.05, 4.69) is 20.3 Å². The summed E-state index contributed by atoms with van der Waals surface area (Å²) in [5.41, 5.74) is 3.53. The van der Waals surface area contributed by atoms with E-state index in [0.717, 1.165) is 11.3 Å². The molecular formula is C13H13N5O9S. The molecule has 15 heteroatoms. The van der Waals surface area contributed by atoms with Crippen LogP contribution in [0.1, 0.15) is 12.6 Å². The number of rotatable bonds is 7. The van der Waals surface area contributed by atoms with Crippen molar-refractivity contribution >= 4 is 45.9 Å². The Bertz CT molecular complexity index is 886. The first-order chi connectivity index (χ1) is 13.1. The highest BCUT2D eigenvalue weighted by Crippen LogP contribution is 2.40. The Morgan fingerprint density at radius 2 is 2.21 bits per heavy atom. The molecule has 1 aromatic rings. The number of carbonyl (C=O) groups is 4. The molecule has 1 aromatic heterocycles. The number of hydrogen-bond acceptors (Lipinski definition) is 11. The lowest BCUT2D eigenvalue weighted by Crippen LogP contribution is -2.76. The molecular weight excluding hydrogens is 402 g/mol. The molecule has 3 rings (SSSR count). The average Bonchev–Trinajstić information content (AvgIpc) is 3.18. The van der Waals surface area contributed by atoms with Gasteiger partial charge in [0.2, 0.25) is 6.61 Å². The van der Waals surface area contributed by atoms with Crippen molar-refractivity contribution in [1.29, 1.82) is 0 Å². The van der Waals surface area contributed by atoms with Gasteiger partial charge in [-0.1, -0.05) is 5.16 Å². The summed E-state index contributed by atoms with van der Waals surface area (Å²) in [6.45, 7) is 0.530. The monoisotopic (exact) mass is 415 g/mol. The molecule has 0 aliphatic carbocycles. The third kappa shape index (κ3) is 3.32. The van der Waals surface area contributed by atoms with Crippen molar-refractivity contribution in [3.8, 4) is 0 Å². The minimum absolute atomic E-state index is 0.00817. The minimum Gasteiger partial charge on any atom is -0.479 e. The van der Waals surface area contributed by atoms with Gasteiger partial charge in [0.1, 0.15) is 5.69 Å². The number of carboxylic acid groups (broad SMARTS) is 2. The summed E-state index contributed by atoms with van der Waals surface area (Å²) in [5, 5.41) is 25.5. The van der Waals surface area contributed by atoms with Gasteiger partial charge in [-0.15, -0.1) is 11.3 Å². The number of aliphatic carboxylic acids is 2. The van der Waals surface area contributed by atoms with Crippen LogP contribution in [0.4, 0.5) is 5.13 Å². The molecule has 3 atom stereocenters. The number of oxime groups is 1. The van der Waals surface area contributed by atoms with Gasteiger partial charge in [0.05, 0.1) is 0 Å². The van der Waals surface area contributed by atoms with Crippen molar-refractivity contribution in [2.75, 3.05) is 12.3 Å². The number of nitrogens with zero attached hydrogens (tertiary/aromatic N) is 3. The van der Waals surface area contributed by atoms with Gasteiger partial charge in [-0.3, -0.25) is 9.59 Å². The van der Waals surface area contributed by atoms with Gasteiger partial charge in [-0.05, 0) is 6.92 Å². The number of hydroxylamine groups is 2. The fraction of sp³-hybridized carbons (Fsp3) is 0.385. The Morgan fingerprint density at radius 3 is 2.79 bits per heavy atom. The topological polar surface area (TPSA) is 203 Å². The van der Waals surface area contributed by atoms with E-state index in [1.54, 1.807) is 0 Å². The fourth-order valence-corrected chi connectivity index (χ4v) is 3.01. The normalized spacial score (nSPS) is 26.4. The van der Waals surface area contributed by atoms with E-state index >= 15 is 0 Å². The van der Waals surface area contributed by atoms with Crippen LogP contribution in [0.3, 0.4) is 0 Å². The van der Waals surface area contributed by atoms with Crippen LogP contribution in [0.2, 0.25) is 0 Å². The minimum atomic E-state index is -1.71. The number of ether oxygens (including phenoxy) is 1. The second-order valence-electron chi connectivity index (χ2n) is 5.67. The first-order valence-corrected chi connectivity index (χ1v) is 8.37. The molecule has 2 saturated heterocycles. The molecule has 0 saturated carbocycles. The molecule has 0 radical (unpaired) electrons. The predicted octanol–water partition coefficient (Wildman–Crippen LogP) is -2.05. The van der Waals surface area contributed by atoms with E-state index < -0.39 is 54.1 Å². The first-order valence-electron chi connectivity index (χ1n) is 7.49. The second-order valence-corrected chi connectivity index (χ2v) is 6.55. The second kappa shape index (κ2) is 7.02. The summed E-state index contributed by atoms with van der Waals surface area (Å²) in [5.74, 6) is -4.47.